The fraction of sp³-hybridized carbons (Fsp3) is 0.571. The van der Waals surface area contributed by atoms with E-state index in [9.17, 15) is 0 Å². The average Bonchev–Trinajstić information content (AvgIpc) is 2.63. The Morgan fingerprint density at radius 2 is 2.00 bits per heavy atom. The number of aryl methyl sites for hydroxylation is 1. The molecule has 1 saturated carbocycles. The van der Waals surface area contributed by atoms with E-state index in [1.165, 1.54) is 19.3 Å². The summed E-state index contributed by atoms with van der Waals surface area (Å²) in [6.45, 7) is 4.58. The summed E-state index contributed by atoms with van der Waals surface area (Å²) < 4.78 is 0. The summed E-state index contributed by atoms with van der Waals surface area (Å²) in [5.74, 6) is 0.602. The van der Waals surface area contributed by atoms with Gasteiger partial charge in [-0.15, -0.1) is 0 Å². The summed E-state index contributed by atoms with van der Waals surface area (Å²) in [5, 5.41) is 0. The molecule has 2 N–H and O–H groups in total. The minimum Gasteiger partial charge on any atom is -0.327 e. The zero-order valence-electron chi connectivity index (χ0n) is 9.59. The maximum absolute atomic E-state index is 6.17. The minimum atomic E-state index is 0.317. The molecule has 80 valence electrons. The monoisotopic (exact) mass is 201 g/mol. The van der Waals surface area contributed by atoms with E-state index < -0.39 is 0 Å². The summed E-state index contributed by atoms with van der Waals surface area (Å²) >= 11 is 0. The van der Waals surface area contributed by atoms with Crippen LogP contribution in [0.3, 0.4) is 0 Å². The van der Waals surface area contributed by atoms with Crippen LogP contribution in [0.2, 0.25) is 0 Å². The van der Waals surface area contributed by atoms with Gasteiger partial charge in [-0.2, -0.15) is 0 Å². The highest BCUT2D eigenvalue weighted by molar-refractivity contribution is 5.46. The van der Waals surface area contributed by atoms with Crippen LogP contribution in [0.5, 0.6) is 0 Å². The second kappa shape index (κ2) is 2.85. The molecule has 1 heteroatoms. The summed E-state index contributed by atoms with van der Waals surface area (Å²) in [4.78, 5) is 0. The van der Waals surface area contributed by atoms with Gasteiger partial charge >= 0.3 is 0 Å². The van der Waals surface area contributed by atoms with E-state index in [4.69, 9.17) is 5.73 Å². The maximum atomic E-state index is 6.17. The molecule has 0 heterocycles. The minimum absolute atomic E-state index is 0.317. The number of benzene rings is 1. The fourth-order valence-corrected chi connectivity index (χ4v) is 3.21. The number of hydrogen-bond donors (Lipinski definition) is 1. The molecule has 2 atom stereocenters. The normalized spacial score (nSPS) is 31.4. The van der Waals surface area contributed by atoms with Crippen molar-refractivity contribution >= 4 is 0 Å². The molecule has 1 aromatic carbocycles. The van der Waals surface area contributed by atoms with Crippen molar-refractivity contribution in [3.05, 3.63) is 34.9 Å². The van der Waals surface area contributed by atoms with Gasteiger partial charge in [0.2, 0.25) is 0 Å². The van der Waals surface area contributed by atoms with Crippen LogP contribution in [0.25, 0.3) is 0 Å². The second-order valence-electron chi connectivity index (χ2n) is 5.66. The molecule has 0 radical (unpaired) electrons. The third-order valence-corrected chi connectivity index (χ3v) is 4.43. The van der Waals surface area contributed by atoms with Gasteiger partial charge in [0, 0.05) is 12.0 Å². The summed E-state index contributed by atoms with van der Waals surface area (Å²) in [6, 6.07) is 7.15. The van der Waals surface area contributed by atoms with Crippen LogP contribution in [-0.4, -0.2) is 6.04 Å². The summed E-state index contributed by atoms with van der Waals surface area (Å²) in [6.07, 6.45) is 3.87. The van der Waals surface area contributed by atoms with Crippen LogP contribution in [0.15, 0.2) is 18.2 Å². The molecule has 0 aromatic heterocycles. The molecule has 0 saturated heterocycles. The zero-order valence-corrected chi connectivity index (χ0v) is 9.59. The summed E-state index contributed by atoms with van der Waals surface area (Å²) in [5.41, 5.74) is 11.2. The van der Waals surface area contributed by atoms with E-state index in [1.807, 2.05) is 0 Å². The first-order valence-electron chi connectivity index (χ1n) is 5.98. The molecule has 0 unspecified atom stereocenters. The standard InChI is InChI=1S/C14H19N/c1-14(2)12(13(14)15)11-8-4-6-9-5-3-7-10(9)11/h4,6,8,12-13H,3,5,7,15H2,1-2H3/t12-,13-/m1/s1. The van der Waals surface area contributed by atoms with Crippen molar-refractivity contribution in [1.82, 2.24) is 0 Å². The van der Waals surface area contributed by atoms with Gasteiger partial charge in [-0.3, -0.25) is 0 Å². The third kappa shape index (κ3) is 1.19. The van der Waals surface area contributed by atoms with Crippen molar-refractivity contribution in [1.29, 1.82) is 0 Å². The van der Waals surface area contributed by atoms with E-state index in [1.54, 1.807) is 16.7 Å². The highest BCUT2D eigenvalue weighted by Gasteiger charge is 2.56. The van der Waals surface area contributed by atoms with Crippen molar-refractivity contribution in [3.63, 3.8) is 0 Å². The van der Waals surface area contributed by atoms with E-state index in [0.29, 0.717) is 17.4 Å². The Hall–Kier alpha value is -0.820. The maximum Gasteiger partial charge on any atom is 0.0172 e. The molecule has 0 aliphatic heterocycles. The predicted octanol–water partition coefficient (Wildman–Crippen LogP) is 2.63. The molecule has 0 spiro atoms. The number of fused-ring (bicyclic) bond motifs is 1. The van der Waals surface area contributed by atoms with Crippen molar-refractivity contribution in [2.24, 2.45) is 11.1 Å². The van der Waals surface area contributed by atoms with Gasteiger partial charge in [-0.05, 0) is 41.4 Å². The van der Waals surface area contributed by atoms with E-state index in [0.717, 1.165) is 0 Å². The number of nitrogens with two attached hydrogens (primary N) is 1. The average molecular weight is 201 g/mol. The van der Waals surface area contributed by atoms with Crippen LogP contribution in [0, 0.1) is 5.41 Å². The Morgan fingerprint density at radius 3 is 2.67 bits per heavy atom. The fourth-order valence-electron chi connectivity index (χ4n) is 3.21. The highest BCUT2D eigenvalue weighted by atomic mass is 14.8. The Kier molecular flexibility index (Phi) is 1.79. The molecule has 1 nitrogen and oxygen atoms in total. The Labute approximate surface area is 91.7 Å². The predicted molar refractivity (Wildman–Crippen MR) is 63.0 cm³/mol. The molecule has 1 fully saturated rings. The first kappa shape index (κ1) is 9.41. The van der Waals surface area contributed by atoms with Crippen molar-refractivity contribution in [2.75, 3.05) is 0 Å². The van der Waals surface area contributed by atoms with Crippen LogP contribution >= 0.6 is 0 Å². The van der Waals surface area contributed by atoms with E-state index >= 15 is 0 Å². The molecular weight excluding hydrogens is 182 g/mol. The Balaban J connectivity index is 2.04. The van der Waals surface area contributed by atoms with Gasteiger partial charge in [0.15, 0.2) is 0 Å². The topological polar surface area (TPSA) is 26.0 Å². The third-order valence-electron chi connectivity index (χ3n) is 4.43. The lowest BCUT2D eigenvalue weighted by molar-refractivity contribution is 0.598. The number of hydrogen-bond acceptors (Lipinski definition) is 1. The first-order valence-corrected chi connectivity index (χ1v) is 5.98. The second-order valence-corrected chi connectivity index (χ2v) is 5.66. The van der Waals surface area contributed by atoms with Gasteiger partial charge in [0.05, 0.1) is 0 Å². The van der Waals surface area contributed by atoms with Gasteiger partial charge in [0.1, 0.15) is 0 Å². The highest BCUT2D eigenvalue weighted by Crippen LogP contribution is 2.58. The molecule has 0 bridgehead atoms. The molecular formula is C14H19N. The van der Waals surface area contributed by atoms with Crippen LogP contribution in [0.4, 0.5) is 0 Å². The summed E-state index contributed by atoms with van der Waals surface area (Å²) in [7, 11) is 0. The SMILES string of the molecule is CC1(C)[C@H](N)[C@H]1c1cccc2c1CCC2. The van der Waals surface area contributed by atoms with Crippen molar-refractivity contribution in [3.8, 4) is 0 Å². The lowest BCUT2D eigenvalue weighted by Gasteiger charge is -2.09. The smallest absolute Gasteiger partial charge is 0.0172 e. The molecule has 0 amide bonds. The van der Waals surface area contributed by atoms with E-state index in [-0.39, 0.29) is 0 Å². The van der Waals surface area contributed by atoms with Crippen molar-refractivity contribution < 1.29 is 0 Å². The van der Waals surface area contributed by atoms with E-state index in [2.05, 4.69) is 32.0 Å². The lowest BCUT2D eigenvalue weighted by atomic mass is 9.96. The Morgan fingerprint density at radius 1 is 1.27 bits per heavy atom. The number of rotatable bonds is 1. The first-order chi connectivity index (χ1) is 7.12. The molecule has 2 aliphatic carbocycles. The zero-order chi connectivity index (χ0) is 10.6. The quantitative estimate of drug-likeness (QED) is 0.742. The largest absolute Gasteiger partial charge is 0.327 e. The van der Waals surface area contributed by atoms with Gasteiger partial charge < -0.3 is 5.73 Å². The molecule has 2 aliphatic rings. The van der Waals surface area contributed by atoms with Gasteiger partial charge in [0.25, 0.3) is 0 Å². The molecule has 1 aromatic rings. The van der Waals surface area contributed by atoms with Crippen LogP contribution in [-0.2, 0) is 12.8 Å². The Bertz CT molecular complexity index is 406. The van der Waals surface area contributed by atoms with Crippen molar-refractivity contribution in [2.45, 2.75) is 45.1 Å². The van der Waals surface area contributed by atoms with Crippen LogP contribution < -0.4 is 5.73 Å². The van der Waals surface area contributed by atoms with Crippen LogP contribution in [0.1, 0.15) is 42.9 Å². The lowest BCUT2D eigenvalue weighted by Crippen LogP contribution is -2.06. The molecule has 15 heavy (non-hydrogen) atoms. The van der Waals surface area contributed by atoms with Gasteiger partial charge in [-0.1, -0.05) is 32.0 Å². The molecule has 3 rings (SSSR count). The van der Waals surface area contributed by atoms with Gasteiger partial charge in [-0.25, -0.2) is 0 Å².